The van der Waals surface area contributed by atoms with Crippen LogP contribution in [0.3, 0.4) is 0 Å². The number of amides is 1. The second-order valence-electron chi connectivity index (χ2n) is 7.86. The largest absolute Gasteiger partial charge is 0.325 e. The topological polar surface area (TPSA) is 92.3 Å². The number of rotatable bonds is 6. The molecule has 0 bridgehead atoms. The zero-order valence-electron chi connectivity index (χ0n) is 17.6. The van der Waals surface area contributed by atoms with Gasteiger partial charge >= 0.3 is 0 Å². The summed E-state index contributed by atoms with van der Waals surface area (Å²) in [7, 11) is -0.524. The van der Waals surface area contributed by atoms with E-state index in [9.17, 15) is 13.2 Å². The Balaban J connectivity index is 1.44. The highest BCUT2D eigenvalue weighted by molar-refractivity contribution is 8.00. The highest BCUT2D eigenvalue weighted by atomic mass is 32.2. The Kier molecular flexibility index (Phi) is 6.34. The molecular weight excluding hydrogens is 452 g/mol. The average Bonchev–Trinajstić information content (AvgIpc) is 3.10. The van der Waals surface area contributed by atoms with Crippen molar-refractivity contribution in [2.45, 2.75) is 36.1 Å². The molecule has 1 amide bonds. The number of thiophene rings is 1. The number of carbonyl (C=O) groups excluding carboxylic acids is 1. The molecule has 1 unspecified atom stereocenters. The van der Waals surface area contributed by atoms with E-state index in [0.29, 0.717) is 11.6 Å². The lowest BCUT2D eigenvalue weighted by Crippen LogP contribution is -2.22. The summed E-state index contributed by atoms with van der Waals surface area (Å²) < 4.78 is 25.5. The summed E-state index contributed by atoms with van der Waals surface area (Å²) in [6.45, 7) is 2.28. The van der Waals surface area contributed by atoms with Crippen molar-refractivity contribution in [3.8, 4) is 0 Å². The van der Waals surface area contributed by atoms with Crippen molar-refractivity contribution >= 4 is 54.9 Å². The molecule has 4 rings (SSSR count). The smallest absolute Gasteiger partial charge is 0.242 e. The van der Waals surface area contributed by atoms with Gasteiger partial charge in [0, 0.05) is 30.0 Å². The molecule has 31 heavy (non-hydrogen) atoms. The Morgan fingerprint density at radius 1 is 1.26 bits per heavy atom. The van der Waals surface area contributed by atoms with E-state index < -0.39 is 10.0 Å². The predicted molar refractivity (Wildman–Crippen MR) is 125 cm³/mol. The Morgan fingerprint density at radius 2 is 2.00 bits per heavy atom. The van der Waals surface area contributed by atoms with Crippen LogP contribution < -0.4 is 5.32 Å². The van der Waals surface area contributed by atoms with Gasteiger partial charge < -0.3 is 5.32 Å². The van der Waals surface area contributed by atoms with Gasteiger partial charge in [0.15, 0.2) is 0 Å². The first kappa shape index (κ1) is 22.2. The zero-order chi connectivity index (χ0) is 22.2. The van der Waals surface area contributed by atoms with Crippen molar-refractivity contribution in [2.75, 3.05) is 25.2 Å². The second kappa shape index (κ2) is 8.85. The van der Waals surface area contributed by atoms with E-state index in [1.165, 1.54) is 48.4 Å². The normalized spacial score (nSPS) is 16.5. The molecule has 0 aliphatic heterocycles. The monoisotopic (exact) mass is 476 g/mol. The summed E-state index contributed by atoms with van der Waals surface area (Å²) in [6, 6.07) is 6.17. The van der Waals surface area contributed by atoms with Crippen LogP contribution >= 0.6 is 23.1 Å². The Morgan fingerprint density at radius 3 is 2.71 bits per heavy atom. The van der Waals surface area contributed by atoms with Crippen LogP contribution in [0.15, 0.2) is 40.5 Å². The van der Waals surface area contributed by atoms with Crippen LogP contribution in [0.2, 0.25) is 0 Å². The molecule has 1 aliphatic rings. The van der Waals surface area contributed by atoms with Crippen molar-refractivity contribution in [1.29, 1.82) is 0 Å². The second-order valence-corrected chi connectivity index (χ2v) is 12.1. The van der Waals surface area contributed by atoms with Crippen LogP contribution in [0.25, 0.3) is 10.2 Å². The fourth-order valence-corrected chi connectivity index (χ4v) is 6.75. The fraction of sp³-hybridized carbons (Fsp3) is 0.381. The van der Waals surface area contributed by atoms with Gasteiger partial charge in [0.05, 0.1) is 10.6 Å². The maximum Gasteiger partial charge on any atom is 0.242 e. The zero-order valence-corrected chi connectivity index (χ0v) is 20.0. The van der Waals surface area contributed by atoms with Crippen LogP contribution in [0.1, 0.15) is 23.8 Å². The third kappa shape index (κ3) is 4.62. The lowest BCUT2D eigenvalue weighted by molar-refractivity contribution is -0.113. The summed E-state index contributed by atoms with van der Waals surface area (Å²) in [5.74, 6) is 0.734. The number of thioether (sulfide) groups is 1. The van der Waals surface area contributed by atoms with E-state index in [1.807, 2.05) is 0 Å². The molecule has 2 heterocycles. The van der Waals surface area contributed by atoms with Gasteiger partial charge in [0.2, 0.25) is 15.9 Å². The van der Waals surface area contributed by atoms with E-state index in [2.05, 4.69) is 22.2 Å². The molecule has 2 aromatic heterocycles. The lowest BCUT2D eigenvalue weighted by Gasteiger charge is -2.18. The number of benzene rings is 1. The number of hydrogen-bond donors (Lipinski definition) is 1. The van der Waals surface area contributed by atoms with Crippen LogP contribution in [0, 0.1) is 5.92 Å². The van der Waals surface area contributed by atoms with Crippen LogP contribution in [-0.4, -0.2) is 48.4 Å². The van der Waals surface area contributed by atoms with E-state index >= 15 is 0 Å². The Hall–Kier alpha value is -2.01. The first-order valence-electron chi connectivity index (χ1n) is 9.96. The number of sulfonamides is 1. The first-order valence-corrected chi connectivity index (χ1v) is 13.2. The SMILES string of the molecule is CC1CCc2c(sc3ncnc(SCC(=O)Nc4ccc(S(=O)(=O)N(C)C)cc4)c23)C1. The van der Waals surface area contributed by atoms with E-state index in [0.717, 1.165) is 38.8 Å². The average molecular weight is 477 g/mol. The van der Waals surface area contributed by atoms with Gasteiger partial charge in [0.1, 0.15) is 16.2 Å². The number of fused-ring (bicyclic) bond motifs is 3. The molecule has 1 atom stereocenters. The molecule has 164 valence electrons. The minimum absolute atomic E-state index is 0.169. The quantitative estimate of drug-likeness (QED) is 0.430. The molecular formula is C21H24N4O3S3. The number of aromatic nitrogens is 2. The van der Waals surface area contributed by atoms with Crippen LogP contribution in [-0.2, 0) is 27.7 Å². The van der Waals surface area contributed by atoms with Gasteiger partial charge in [0.25, 0.3) is 0 Å². The highest BCUT2D eigenvalue weighted by Crippen LogP contribution is 2.40. The van der Waals surface area contributed by atoms with Crippen molar-refractivity contribution in [1.82, 2.24) is 14.3 Å². The van der Waals surface area contributed by atoms with Crippen LogP contribution in [0.5, 0.6) is 0 Å². The van der Waals surface area contributed by atoms with E-state index in [1.54, 1.807) is 29.8 Å². The Labute approximate surface area is 190 Å². The molecule has 0 radical (unpaired) electrons. The number of anilines is 1. The summed E-state index contributed by atoms with van der Waals surface area (Å²) in [5, 5.41) is 4.77. The molecule has 0 spiro atoms. The summed E-state index contributed by atoms with van der Waals surface area (Å²) in [4.78, 5) is 24.0. The number of aryl methyl sites for hydroxylation is 1. The Bertz CT molecular complexity index is 1220. The van der Waals surface area contributed by atoms with Gasteiger partial charge in [-0.05, 0) is 55.0 Å². The van der Waals surface area contributed by atoms with Gasteiger partial charge in [-0.15, -0.1) is 11.3 Å². The van der Waals surface area contributed by atoms with Crippen molar-refractivity contribution in [3.05, 3.63) is 41.0 Å². The third-order valence-electron chi connectivity index (χ3n) is 5.31. The fourth-order valence-electron chi connectivity index (χ4n) is 3.61. The molecule has 1 aliphatic carbocycles. The maximum atomic E-state index is 12.5. The molecule has 10 heteroatoms. The van der Waals surface area contributed by atoms with E-state index in [-0.39, 0.29) is 16.6 Å². The van der Waals surface area contributed by atoms with Crippen LogP contribution in [0.4, 0.5) is 5.69 Å². The third-order valence-corrected chi connectivity index (χ3v) is 9.29. The molecule has 0 saturated carbocycles. The molecule has 3 aromatic rings. The minimum Gasteiger partial charge on any atom is -0.325 e. The molecule has 0 fully saturated rings. The molecule has 0 saturated heterocycles. The number of nitrogens with zero attached hydrogens (tertiary/aromatic N) is 3. The number of nitrogens with one attached hydrogen (secondary N) is 1. The van der Waals surface area contributed by atoms with Crippen molar-refractivity contribution < 1.29 is 13.2 Å². The van der Waals surface area contributed by atoms with Crippen molar-refractivity contribution in [3.63, 3.8) is 0 Å². The first-order chi connectivity index (χ1) is 14.8. The molecule has 7 nitrogen and oxygen atoms in total. The maximum absolute atomic E-state index is 12.5. The molecule has 1 N–H and O–H groups in total. The van der Waals surface area contributed by atoms with Gasteiger partial charge in [-0.2, -0.15) is 0 Å². The van der Waals surface area contributed by atoms with Gasteiger partial charge in [-0.1, -0.05) is 18.7 Å². The number of hydrogen-bond acceptors (Lipinski definition) is 7. The van der Waals surface area contributed by atoms with Gasteiger partial charge in [-0.25, -0.2) is 22.7 Å². The summed E-state index contributed by atoms with van der Waals surface area (Å²) in [5.41, 5.74) is 1.90. The molecule has 1 aromatic carbocycles. The lowest BCUT2D eigenvalue weighted by atomic mass is 9.89. The standard InChI is InChI=1S/C21H24N4O3S3/c1-13-4-9-16-17(10-13)30-21-19(16)20(22-12-23-21)29-11-18(26)24-14-5-7-15(8-6-14)31(27,28)25(2)3/h5-8,12-13H,4,9-11H2,1-3H3,(H,24,26). The highest BCUT2D eigenvalue weighted by Gasteiger charge is 2.23. The number of carbonyl (C=O) groups is 1. The minimum atomic E-state index is -3.49. The van der Waals surface area contributed by atoms with Crippen molar-refractivity contribution in [2.24, 2.45) is 5.92 Å². The van der Waals surface area contributed by atoms with E-state index in [4.69, 9.17) is 0 Å². The predicted octanol–water partition coefficient (Wildman–Crippen LogP) is 3.80. The summed E-state index contributed by atoms with van der Waals surface area (Å²) >= 11 is 3.15. The van der Waals surface area contributed by atoms with Gasteiger partial charge in [-0.3, -0.25) is 4.79 Å². The summed E-state index contributed by atoms with van der Waals surface area (Å²) in [6.07, 6.45) is 4.85.